The molecule has 0 radical (unpaired) electrons. The SMILES string of the molecule is C=CC(Nc1ncc(C)cc1N)C(C)(C)C. The average Bonchev–Trinajstić information content (AvgIpc) is 2.14. The van der Waals surface area contributed by atoms with Crippen LogP contribution >= 0.6 is 0 Å². The minimum absolute atomic E-state index is 0.0841. The van der Waals surface area contributed by atoms with Crippen molar-refractivity contribution in [3.05, 3.63) is 30.5 Å². The highest BCUT2D eigenvalue weighted by Crippen LogP contribution is 2.25. The summed E-state index contributed by atoms with van der Waals surface area (Å²) in [4.78, 5) is 4.30. The maximum absolute atomic E-state index is 5.91. The van der Waals surface area contributed by atoms with E-state index in [-0.39, 0.29) is 11.5 Å². The lowest BCUT2D eigenvalue weighted by Gasteiger charge is -2.29. The molecule has 3 N–H and O–H groups in total. The molecule has 0 fully saturated rings. The van der Waals surface area contributed by atoms with Crippen LogP contribution in [0.3, 0.4) is 0 Å². The van der Waals surface area contributed by atoms with Crippen molar-refractivity contribution in [3.8, 4) is 0 Å². The van der Waals surface area contributed by atoms with Crippen molar-refractivity contribution in [1.82, 2.24) is 4.98 Å². The molecule has 0 bridgehead atoms. The van der Waals surface area contributed by atoms with E-state index in [1.165, 1.54) is 0 Å². The zero-order valence-corrected chi connectivity index (χ0v) is 10.5. The Morgan fingerprint density at radius 1 is 1.50 bits per heavy atom. The van der Waals surface area contributed by atoms with E-state index in [0.29, 0.717) is 5.69 Å². The Morgan fingerprint density at radius 2 is 2.12 bits per heavy atom. The van der Waals surface area contributed by atoms with Crippen LogP contribution in [0.2, 0.25) is 0 Å². The lowest BCUT2D eigenvalue weighted by atomic mass is 9.87. The molecule has 0 aliphatic carbocycles. The van der Waals surface area contributed by atoms with E-state index in [1.54, 1.807) is 0 Å². The van der Waals surface area contributed by atoms with E-state index in [0.717, 1.165) is 11.4 Å². The Balaban J connectivity index is 2.91. The van der Waals surface area contributed by atoms with Crippen LogP contribution in [0.5, 0.6) is 0 Å². The molecular formula is C13H21N3. The molecule has 1 heterocycles. The predicted molar refractivity (Wildman–Crippen MR) is 70.4 cm³/mol. The third-order valence-electron chi connectivity index (χ3n) is 2.51. The minimum Gasteiger partial charge on any atom is -0.396 e. The molecule has 0 aromatic carbocycles. The first-order valence-electron chi connectivity index (χ1n) is 5.46. The summed E-state index contributed by atoms with van der Waals surface area (Å²) in [6.45, 7) is 12.3. The summed E-state index contributed by atoms with van der Waals surface area (Å²) in [6, 6.07) is 2.06. The topological polar surface area (TPSA) is 50.9 Å². The Morgan fingerprint density at radius 3 is 2.56 bits per heavy atom. The number of anilines is 2. The lowest BCUT2D eigenvalue weighted by molar-refractivity contribution is 0.384. The van der Waals surface area contributed by atoms with Crippen LogP contribution < -0.4 is 11.1 Å². The molecule has 3 heteroatoms. The number of rotatable bonds is 3. The standard InChI is InChI=1S/C13H21N3/c1-6-11(13(3,4)5)16-12-10(14)7-9(2)8-15-12/h6-8,11H,1,14H2,2-5H3,(H,15,16). The maximum atomic E-state index is 5.91. The summed E-state index contributed by atoms with van der Waals surface area (Å²) in [5.41, 5.74) is 7.73. The first kappa shape index (κ1) is 12.6. The second-order valence-electron chi connectivity index (χ2n) is 5.17. The third-order valence-corrected chi connectivity index (χ3v) is 2.51. The number of nitrogen functional groups attached to an aromatic ring is 1. The van der Waals surface area contributed by atoms with Crippen molar-refractivity contribution < 1.29 is 0 Å². The first-order chi connectivity index (χ1) is 7.34. The number of aryl methyl sites for hydroxylation is 1. The molecule has 1 aromatic heterocycles. The van der Waals surface area contributed by atoms with Gasteiger partial charge in [-0.3, -0.25) is 0 Å². The number of hydrogen-bond donors (Lipinski definition) is 2. The molecule has 0 saturated heterocycles. The van der Waals surface area contributed by atoms with Gasteiger partial charge in [-0.2, -0.15) is 0 Å². The molecule has 1 aromatic rings. The molecule has 0 amide bonds. The number of aromatic nitrogens is 1. The van der Waals surface area contributed by atoms with Crippen LogP contribution in [0.1, 0.15) is 26.3 Å². The van der Waals surface area contributed by atoms with Crippen molar-refractivity contribution in [2.45, 2.75) is 33.7 Å². The van der Waals surface area contributed by atoms with Crippen LogP contribution in [-0.2, 0) is 0 Å². The van der Waals surface area contributed by atoms with Gasteiger partial charge in [-0.25, -0.2) is 4.98 Å². The summed E-state index contributed by atoms with van der Waals surface area (Å²) >= 11 is 0. The van der Waals surface area contributed by atoms with Crippen LogP contribution in [-0.4, -0.2) is 11.0 Å². The van der Waals surface area contributed by atoms with Crippen molar-refractivity contribution in [2.24, 2.45) is 5.41 Å². The summed E-state index contributed by atoms with van der Waals surface area (Å²) in [5.74, 6) is 0.727. The molecule has 0 aliphatic heterocycles. The van der Waals surface area contributed by atoms with Gasteiger partial charge in [0.25, 0.3) is 0 Å². The van der Waals surface area contributed by atoms with Gasteiger partial charge in [0.1, 0.15) is 5.82 Å². The molecule has 3 nitrogen and oxygen atoms in total. The smallest absolute Gasteiger partial charge is 0.149 e. The summed E-state index contributed by atoms with van der Waals surface area (Å²) in [5, 5.41) is 3.31. The number of hydrogen-bond acceptors (Lipinski definition) is 3. The van der Waals surface area contributed by atoms with E-state index in [9.17, 15) is 0 Å². The van der Waals surface area contributed by atoms with Gasteiger partial charge in [-0.1, -0.05) is 26.8 Å². The zero-order valence-electron chi connectivity index (χ0n) is 10.5. The first-order valence-corrected chi connectivity index (χ1v) is 5.46. The van der Waals surface area contributed by atoms with Gasteiger partial charge in [0, 0.05) is 6.20 Å². The fraction of sp³-hybridized carbons (Fsp3) is 0.462. The second-order valence-corrected chi connectivity index (χ2v) is 5.17. The molecule has 1 rings (SSSR count). The van der Waals surface area contributed by atoms with E-state index in [1.807, 2.05) is 25.3 Å². The Labute approximate surface area is 97.8 Å². The van der Waals surface area contributed by atoms with Crippen LogP contribution in [0.15, 0.2) is 24.9 Å². The van der Waals surface area contributed by atoms with Gasteiger partial charge >= 0.3 is 0 Å². The Kier molecular flexibility index (Phi) is 3.58. The van der Waals surface area contributed by atoms with E-state index >= 15 is 0 Å². The fourth-order valence-corrected chi connectivity index (χ4v) is 1.49. The van der Waals surface area contributed by atoms with E-state index in [4.69, 9.17) is 5.73 Å². The molecule has 16 heavy (non-hydrogen) atoms. The quantitative estimate of drug-likeness (QED) is 0.768. The van der Waals surface area contributed by atoms with Crippen molar-refractivity contribution in [2.75, 3.05) is 11.1 Å². The van der Waals surface area contributed by atoms with Gasteiger partial charge in [0.05, 0.1) is 11.7 Å². The summed E-state index contributed by atoms with van der Waals surface area (Å²) < 4.78 is 0. The molecular weight excluding hydrogens is 198 g/mol. The number of nitrogens with zero attached hydrogens (tertiary/aromatic N) is 1. The monoisotopic (exact) mass is 219 g/mol. The molecule has 1 unspecified atom stereocenters. The molecule has 0 saturated carbocycles. The van der Waals surface area contributed by atoms with Crippen molar-refractivity contribution >= 4 is 11.5 Å². The van der Waals surface area contributed by atoms with E-state index in [2.05, 4.69) is 37.7 Å². The highest BCUT2D eigenvalue weighted by molar-refractivity contribution is 5.62. The fourth-order valence-electron chi connectivity index (χ4n) is 1.49. The number of nitrogens with two attached hydrogens (primary N) is 1. The minimum atomic E-state index is 0.0841. The molecule has 0 spiro atoms. The van der Waals surface area contributed by atoms with Gasteiger partial charge in [0.2, 0.25) is 0 Å². The Hall–Kier alpha value is -1.51. The van der Waals surface area contributed by atoms with Gasteiger partial charge < -0.3 is 11.1 Å². The normalized spacial score (nSPS) is 13.2. The molecule has 88 valence electrons. The van der Waals surface area contributed by atoms with Crippen LogP contribution in [0, 0.1) is 12.3 Å². The second kappa shape index (κ2) is 4.56. The van der Waals surface area contributed by atoms with Gasteiger partial charge in [-0.05, 0) is 24.0 Å². The van der Waals surface area contributed by atoms with Gasteiger partial charge in [0.15, 0.2) is 0 Å². The average molecular weight is 219 g/mol. The maximum Gasteiger partial charge on any atom is 0.149 e. The van der Waals surface area contributed by atoms with Crippen LogP contribution in [0.4, 0.5) is 11.5 Å². The third kappa shape index (κ3) is 2.99. The zero-order chi connectivity index (χ0) is 12.3. The highest BCUT2D eigenvalue weighted by Gasteiger charge is 2.22. The molecule has 0 aliphatic rings. The number of pyridine rings is 1. The van der Waals surface area contributed by atoms with Gasteiger partial charge in [-0.15, -0.1) is 6.58 Å². The van der Waals surface area contributed by atoms with E-state index < -0.39 is 0 Å². The predicted octanol–water partition coefficient (Wildman–Crippen LogP) is 2.98. The lowest BCUT2D eigenvalue weighted by Crippen LogP contribution is -2.32. The van der Waals surface area contributed by atoms with Crippen molar-refractivity contribution in [3.63, 3.8) is 0 Å². The van der Waals surface area contributed by atoms with Crippen molar-refractivity contribution in [1.29, 1.82) is 0 Å². The largest absolute Gasteiger partial charge is 0.396 e. The Bertz CT molecular complexity index is 377. The van der Waals surface area contributed by atoms with Crippen LogP contribution in [0.25, 0.3) is 0 Å². The highest BCUT2D eigenvalue weighted by atomic mass is 15.0. The summed E-state index contributed by atoms with van der Waals surface area (Å²) in [7, 11) is 0. The molecule has 1 atom stereocenters. The number of nitrogens with one attached hydrogen (secondary N) is 1. The summed E-state index contributed by atoms with van der Waals surface area (Å²) in [6.07, 6.45) is 3.70.